The summed E-state index contributed by atoms with van der Waals surface area (Å²) in [4.78, 5) is 0. The van der Waals surface area contributed by atoms with E-state index in [2.05, 4.69) is 25.1 Å². The van der Waals surface area contributed by atoms with Gasteiger partial charge in [-0.05, 0) is 23.7 Å². The third-order valence-electron chi connectivity index (χ3n) is 2.62. The van der Waals surface area contributed by atoms with E-state index in [0.29, 0.717) is 0 Å². The third-order valence-corrected chi connectivity index (χ3v) is 3.17. The second-order valence-corrected chi connectivity index (χ2v) is 4.48. The molecular weight excluding hydrogens is 248 g/mol. The van der Waals surface area contributed by atoms with E-state index in [4.69, 9.17) is 0 Å². The van der Waals surface area contributed by atoms with Crippen molar-refractivity contribution < 1.29 is 0 Å². The van der Waals surface area contributed by atoms with Crippen molar-refractivity contribution in [2.24, 2.45) is 0 Å². The Balaban J connectivity index is 1.57. The van der Waals surface area contributed by atoms with E-state index < -0.39 is 0 Å². The van der Waals surface area contributed by atoms with Gasteiger partial charge in [-0.25, -0.2) is 0 Å². The Bertz CT molecular complexity index is 617. The predicted molar refractivity (Wildman–Crippen MR) is 68.3 cm³/mol. The molecule has 0 spiro atoms. The van der Waals surface area contributed by atoms with Gasteiger partial charge in [0.25, 0.3) is 0 Å². The van der Waals surface area contributed by atoms with Crippen LogP contribution in [0.15, 0.2) is 29.8 Å². The van der Waals surface area contributed by atoms with Gasteiger partial charge >= 0.3 is 0 Å². The summed E-state index contributed by atoms with van der Waals surface area (Å²) in [5.74, 6) is 0.967. The quantitative estimate of drug-likeness (QED) is 0.691. The highest BCUT2D eigenvalue weighted by Gasteiger charge is 2.03. The number of nitrogens with one attached hydrogen (secondary N) is 1. The predicted octanol–water partition coefficient (Wildman–Crippen LogP) is 0.913. The summed E-state index contributed by atoms with van der Waals surface area (Å²) in [5.41, 5.74) is 1.86. The van der Waals surface area contributed by atoms with Gasteiger partial charge in [0, 0.05) is 31.1 Å². The standard InChI is InChI=1S/C11H12N6S/c1-2-6-17-10(3-1)14-15-11(17)4-5-12-7-9-8-18-16-13-9/h1-3,6,8,12H,4-5,7H2. The van der Waals surface area contributed by atoms with Crippen LogP contribution < -0.4 is 5.32 Å². The van der Waals surface area contributed by atoms with Crippen LogP contribution in [0.5, 0.6) is 0 Å². The molecule has 1 N–H and O–H groups in total. The van der Waals surface area contributed by atoms with Gasteiger partial charge in [0.15, 0.2) is 5.65 Å². The smallest absolute Gasteiger partial charge is 0.160 e. The number of pyridine rings is 1. The molecule has 0 saturated carbocycles. The number of rotatable bonds is 5. The molecule has 0 radical (unpaired) electrons. The molecule has 0 unspecified atom stereocenters. The molecule has 0 aliphatic carbocycles. The third kappa shape index (κ3) is 2.36. The van der Waals surface area contributed by atoms with Crippen LogP contribution in [-0.4, -0.2) is 30.7 Å². The zero-order valence-corrected chi connectivity index (χ0v) is 10.5. The lowest BCUT2D eigenvalue weighted by atomic mass is 10.3. The molecular formula is C11H12N6S. The maximum Gasteiger partial charge on any atom is 0.160 e. The molecule has 3 aromatic rings. The fourth-order valence-electron chi connectivity index (χ4n) is 1.74. The average Bonchev–Trinajstić information content (AvgIpc) is 3.04. The molecule has 92 valence electrons. The molecule has 6 nitrogen and oxygen atoms in total. The van der Waals surface area contributed by atoms with Crippen molar-refractivity contribution in [2.75, 3.05) is 6.54 Å². The van der Waals surface area contributed by atoms with Crippen LogP contribution in [0, 0.1) is 0 Å². The molecule has 0 bridgehead atoms. The van der Waals surface area contributed by atoms with Crippen molar-refractivity contribution in [2.45, 2.75) is 13.0 Å². The van der Waals surface area contributed by atoms with Crippen molar-refractivity contribution in [1.29, 1.82) is 0 Å². The number of nitrogens with zero attached hydrogens (tertiary/aromatic N) is 5. The zero-order chi connectivity index (χ0) is 12.2. The van der Waals surface area contributed by atoms with E-state index in [0.717, 1.165) is 36.7 Å². The molecule has 0 aromatic carbocycles. The summed E-state index contributed by atoms with van der Waals surface area (Å²) in [7, 11) is 0. The lowest BCUT2D eigenvalue weighted by molar-refractivity contribution is 0.655. The maximum atomic E-state index is 4.18. The van der Waals surface area contributed by atoms with E-state index >= 15 is 0 Å². The van der Waals surface area contributed by atoms with Gasteiger partial charge in [-0.3, -0.25) is 4.40 Å². The van der Waals surface area contributed by atoms with Crippen molar-refractivity contribution in [3.8, 4) is 0 Å². The Morgan fingerprint density at radius 2 is 2.22 bits per heavy atom. The summed E-state index contributed by atoms with van der Waals surface area (Å²) in [6.07, 6.45) is 2.82. The molecule has 3 heterocycles. The van der Waals surface area contributed by atoms with Crippen molar-refractivity contribution in [3.63, 3.8) is 0 Å². The fraction of sp³-hybridized carbons (Fsp3) is 0.273. The van der Waals surface area contributed by atoms with Crippen molar-refractivity contribution in [1.82, 2.24) is 29.5 Å². The van der Waals surface area contributed by atoms with Crippen LogP contribution in [0.25, 0.3) is 5.65 Å². The van der Waals surface area contributed by atoms with Gasteiger partial charge in [-0.15, -0.1) is 15.3 Å². The van der Waals surface area contributed by atoms with Crippen LogP contribution in [-0.2, 0) is 13.0 Å². The van der Waals surface area contributed by atoms with E-state index in [1.54, 1.807) is 0 Å². The van der Waals surface area contributed by atoms with Gasteiger partial charge in [-0.2, -0.15) is 0 Å². The Kier molecular flexibility index (Phi) is 3.24. The lowest BCUT2D eigenvalue weighted by Gasteiger charge is -2.01. The fourth-order valence-corrected chi connectivity index (χ4v) is 2.19. The largest absolute Gasteiger partial charge is 0.311 e. The first-order valence-corrected chi connectivity index (χ1v) is 6.52. The molecule has 0 saturated heterocycles. The first-order chi connectivity index (χ1) is 8.93. The maximum absolute atomic E-state index is 4.18. The van der Waals surface area contributed by atoms with Gasteiger partial charge in [-0.1, -0.05) is 10.6 Å². The number of fused-ring (bicyclic) bond motifs is 1. The van der Waals surface area contributed by atoms with Crippen LogP contribution in [0.1, 0.15) is 11.5 Å². The molecule has 3 aromatic heterocycles. The van der Waals surface area contributed by atoms with Crippen LogP contribution >= 0.6 is 11.5 Å². The molecule has 7 heteroatoms. The summed E-state index contributed by atoms with van der Waals surface area (Å²) in [6, 6.07) is 5.89. The summed E-state index contributed by atoms with van der Waals surface area (Å²) in [6.45, 7) is 1.58. The van der Waals surface area contributed by atoms with Gasteiger partial charge in [0.2, 0.25) is 0 Å². The van der Waals surface area contributed by atoms with E-state index in [9.17, 15) is 0 Å². The molecule has 0 aliphatic heterocycles. The monoisotopic (exact) mass is 260 g/mol. The Labute approximate surface area is 108 Å². The zero-order valence-electron chi connectivity index (χ0n) is 9.65. The topological polar surface area (TPSA) is 68.0 Å². The molecule has 0 fully saturated rings. The second-order valence-electron chi connectivity index (χ2n) is 3.87. The molecule has 3 rings (SSSR count). The summed E-state index contributed by atoms with van der Waals surface area (Å²) in [5, 5.41) is 17.5. The number of hydrogen-bond donors (Lipinski definition) is 1. The van der Waals surface area contributed by atoms with Crippen LogP contribution in [0.3, 0.4) is 0 Å². The first kappa shape index (κ1) is 11.2. The van der Waals surface area contributed by atoms with Crippen LogP contribution in [0.4, 0.5) is 0 Å². The first-order valence-electron chi connectivity index (χ1n) is 5.69. The highest BCUT2D eigenvalue weighted by Crippen LogP contribution is 2.03. The van der Waals surface area contributed by atoms with Gasteiger partial charge < -0.3 is 5.32 Å². The highest BCUT2D eigenvalue weighted by atomic mass is 32.1. The summed E-state index contributed by atoms with van der Waals surface area (Å²) >= 11 is 1.37. The van der Waals surface area contributed by atoms with Gasteiger partial charge in [0.05, 0.1) is 5.69 Å². The van der Waals surface area contributed by atoms with E-state index in [-0.39, 0.29) is 0 Å². The molecule has 18 heavy (non-hydrogen) atoms. The lowest BCUT2D eigenvalue weighted by Crippen LogP contribution is -2.18. The van der Waals surface area contributed by atoms with Crippen LogP contribution in [0.2, 0.25) is 0 Å². The minimum absolute atomic E-state index is 0.743. The Morgan fingerprint density at radius 1 is 1.22 bits per heavy atom. The molecule has 0 aliphatic rings. The number of hydrogen-bond acceptors (Lipinski definition) is 6. The van der Waals surface area contributed by atoms with E-state index in [1.807, 2.05) is 34.2 Å². The Hall–Kier alpha value is -1.86. The van der Waals surface area contributed by atoms with E-state index in [1.165, 1.54) is 11.5 Å². The van der Waals surface area contributed by atoms with Crippen molar-refractivity contribution in [3.05, 3.63) is 41.3 Å². The SMILES string of the molecule is c1ccn2c(CCNCc3csnn3)nnc2c1. The minimum atomic E-state index is 0.743. The summed E-state index contributed by atoms with van der Waals surface area (Å²) < 4.78 is 5.82. The average molecular weight is 260 g/mol. The number of aromatic nitrogens is 5. The second kappa shape index (κ2) is 5.19. The minimum Gasteiger partial charge on any atom is -0.311 e. The molecule has 0 amide bonds. The van der Waals surface area contributed by atoms with Crippen molar-refractivity contribution >= 4 is 17.2 Å². The molecule has 0 atom stereocenters. The normalized spacial score (nSPS) is 11.1. The van der Waals surface area contributed by atoms with Gasteiger partial charge in [0.1, 0.15) is 5.82 Å². The Morgan fingerprint density at radius 3 is 3.11 bits per heavy atom. The highest BCUT2D eigenvalue weighted by molar-refractivity contribution is 7.03.